The van der Waals surface area contributed by atoms with Gasteiger partial charge in [0.15, 0.2) is 0 Å². The maximum absolute atomic E-state index is 13.5. The average molecular weight is 325 g/mol. The van der Waals surface area contributed by atoms with E-state index in [9.17, 15) is 18.4 Å². The van der Waals surface area contributed by atoms with Gasteiger partial charge >= 0.3 is 6.03 Å². The highest BCUT2D eigenvalue weighted by atomic mass is 19.1. The largest absolute Gasteiger partial charge is 0.339 e. The van der Waals surface area contributed by atoms with Gasteiger partial charge in [0.2, 0.25) is 5.91 Å². The van der Waals surface area contributed by atoms with Crippen molar-refractivity contribution in [1.82, 2.24) is 15.1 Å². The van der Waals surface area contributed by atoms with Gasteiger partial charge in [-0.05, 0) is 37.1 Å². The molecule has 0 radical (unpaired) electrons. The second-order valence-electron chi connectivity index (χ2n) is 5.44. The Hall–Kier alpha value is -2.18. The molecule has 1 heterocycles. The van der Waals surface area contributed by atoms with E-state index in [4.69, 9.17) is 0 Å². The summed E-state index contributed by atoms with van der Waals surface area (Å²) >= 11 is 0. The van der Waals surface area contributed by atoms with Gasteiger partial charge in [0.1, 0.15) is 11.6 Å². The van der Waals surface area contributed by atoms with Crippen LogP contribution in [0, 0.1) is 11.6 Å². The monoisotopic (exact) mass is 325 g/mol. The lowest BCUT2D eigenvalue weighted by atomic mass is 10.1. The minimum absolute atomic E-state index is 0.107. The minimum atomic E-state index is -0.510. The summed E-state index contributed by atoms with van der Waals surface area (Å²) < 4.78 is 26.6. The Morgan fingerprint density at radius 3 is 2.43 bits per heavy atom. The lowest BCUT2D eigenvalue weighted by molar-refractivity contribution is -0.132. The fourth-order valence-corrected chi connectivity index (χ4v) is 2.56. The van der Waals surface area contributed by atoms with Gasteiger partial charge in [-0.15, -0.1) is 0 Å². The molecule has 1 aromatic carbocycles. The molecule has 1 aliphatic heterocycles. The quantitative estimate of drug-likeness (QED) is 0.917. The second-order valence-corrected chi connectivity index (χ2v) is 5.44. The van der Waals surface area contributed by atoms with Crippen LogP contribution < -0.4 is 5.32 Å². The molecular weight excluding hydrogens is 304 g/mol. The number of piperazine rings is 1. The highest BCUT2D eigenvalue weighted by Gasteiger charge is 2.23. The van der Waals surface area contributed by atoms with Gasteiger partial charge in [-0.2, -0.15) is 0 Å². The van der Waals surface area contributed by atoms with E-state index in [-0.39, 0.29) is 30.3 Å². The summed E-state index contributed by atoms with van der Waals surface area (Å²) in [7, 11) is 0. The van der Waals surface area contributed by atoms with Gasteiger partial charge in [-0.25, -0.2) is 13.6 Å². The molecule has 23 heavy (non-hydrogen) atoms. The number of rotatable bonds is 4. The summed E-state index contributed by atoms with van der Waals surface area (Å²) in [5.74, 6) is -1.12. The molecule has 0 saturated carbocycles. The van der Waals surface area contributed by atoms with E-state index in [0.717, 1.165) is 18.2 Å². The van der Waals surface area contributed by atoms with E-state index in [1.165, 1.54) is 0 Å². The van der Waals surface area contributed by atoms with Crippen molar-refractivity contribution in [3.05, 3.63) is 35.4 Å². The Morgan fingerprint density at radius 1 is 1.13 bits per heavy atom. The smallest absolute Gasteiger partial charge is 0.317 e. The van der Waals surface area contributed by atoms with Gasteiger partial charge in [0, 0.05) is 39.1 Å². The number of nitrogens with zero attached hydrogens (tertiary/aromatic N) is 2. The average Bonchev–Trinajstić information content (AvgIpc) is 2.55. The zero-order valence-electron chi connectivity index (χ0n) is 13.1. The van der Waals surface area contributed by atoms with Crippen molar-refractivity contribution in [2.75, 3.05) is 32.7 Å². The van der Waals surface area contributed by atoms with E-state index in [1.807, 2.05) is 6.92 Å². The van der Waals surface area contributed by atoms with Crippen LogP contribution in [0.5, 0.6) is 0 Å². The maximum atomic E-state index is 13.5. The molecule has 0 bridgehead atoms. The molecule has 7 heteroatoms. The lowest BCUT2D eigenvalue weighted by Gasteiger charge is -2.34. The van der Waals surface area contributed by atoms with Gasteiger partial charge < -0.3 is 15.1 Å². The number of aryl methyl sites for hydroxylation is 1. The fraction of sp³-hybridized carbons (Fsp3) is 0.500. The molecule has 1 aliphatic rings. The predicted molar refractivity (Wildman–Crippen MR) is 81.9 cm³/mol. The number of benzene rings is 1. The number of urea groups is 1. The van der Waals surface area contributed by atoms with Crippen molar-refractivity contribution < 1.29 is 18.4 Å². The van der Waals surface area contributed by atoms with Crippen molar-refractivity contribution in [2.24, 2.45) is 0 Å². The van der Waals surface area contributed by atoms with Crippen molar-refractivity contribution in [1.29, 1.82) is 0 Å². The molecular formula is C16H21F2N3O2. The first kappa shape index (κ1) is 17.2. The standard InChI is InChI=1S/C16H21F2N3O2/c1-2-19-16(23)21-9-7-20(8-10-21)15(22)6-3-12-11-13(17)4-5-14(12)18/h4-5,11H,2-3,6-10H2,1H3,(H,19,23). The summed E-state index contributed by atoms with van der Waals surface area (Å²) in [5, 5.41) is 2.72. The Bertz CT molecular complexity index is 572. The third-order valence-electron chi connectivity index (χ3n) is 3.86. The normalized spacial score (nSPS) is 14.7. The highest BCUT2D eigenvalue weighted by molar-refractivity contribution is 5.78. The Balaban J connectivity index is 1.81. The summed E-state index contributed by atoms with van der Waals surface area (Å²) in [6, 6.07) is 3.12. The summed E-state index contributed by atoms with van der Waals surface area (Å²) in [6.07, 6.45) is 0.292. The van der Waals surface area contributed by atoms with Crippen LogP contribution in [0.4, 0.5) is 13.6 Å². The molecule has 1 N–H and O–H groups in total. The third kappa shape index (κ3) is 4.64. The fourth-order valence-electron chi connectivity index (χ4n) is 2.56. The molecule has 0 spiro atoms. The van der Waals surface area contributed by atoms with Crippen molar-refractivity contribution >= 4 is 11.9 Å². The van der Waals surface area contributed by atoms with Crippen LogP contribution in [0.2, 0.25) is 0 Å². The van der Waals surface area contributed by atoms with Crippen LogP contribution in [0.1, 0.15) is 18.9 Å². The van der Waals surface area contributed by atoms with E-state index < -0.39 is 11.6 Å². The molecule has 5 nitrogen and oxygen atoms in total. The molecule has 1 aromatic rings. The number of carbonyl (C=O) groups is 2. The third-order valence-corrected chi connectivity index (χ3v) is 3.86. The molecule has 0 unspecified atom stereocenters. The van der Waals surface area contributed by atoms with E-state index in [1.54, 1.807) is 9.80 Å². The highest BCUT2D eigenvalue weighted by Crippen LogP contribution is 2.13. The number of carbonyl (C=O) groups excluding carboxylic acids is 2. The van der Waals surface area contributed by atoms with Crippen LogP contribution in [0.3, 0.4) is 0 Å². The van der Waals surface area contributed by atoms with Crippen LogP contribution >= 0.6 is 0 Å². The number of hydrogen-bond donors (Lipinski definition) is 1. The molecule has 0 atom stereocenters. The van der Waals surface area contributed by atoms with Crippen LogP contribution in [0.25, 0.3) is 0 Å². The Morgan fingerprint density at radius 2 is 1.78 bits per heavy atom. The Labute approximate surface area is 134 Å². The van der Waals surface area contributed by atoms with Crippen molar-refractivity contribution in [3.8, 4) is 0 Å². The first-order chi connectivity index (χ1) is 11.0. The summed E-state index contributed by atoms with van der Waals surface area (Å²) in [6.45, 7) is 4.29. The van der Waals surface area contributed by atoms with E-state index in [2.05, 4.69) is 5.32 Å². The zero-order chi connectivity index (χ0) is 16.8. The first-order valence-electron chi connectivity index (χ1n) is 7.75. The van der Waals surface area contributed by atoms with Crippen LogP contribution in [-0.4, -0.2) is 54.5 Å². The SMILES string of the molecule is CCNC(=O)N1CCN(C(=O)CCc2cc(F)ccc2F)CC1. The maximum Gasteiger partial charge on any atom is 0.317 e. The lowest BCUT2D eigenvalue weighted by Crippen LogP contribution is -2.53. The van der Waals surface area contributed by atoms with E-state index in [0.29, 0.717) is 32.7 Å². The summed E-state index contributed by atoms with van der Waals surface area (Å²) in [4.78, 5) is 27.2. The van der Waals surface area contributed by atoms with Gasteiger partial charge in [0.25, 0.3) is 0 Å². The zero-order valence-corrected chi connectivity index (χ0v) is 13.1. The number of hydrogen-bond acceptors (Lipinski definition) is 2. The Kier molecular flexibility index (Phi) is 5.90. The number of nitrogens with one attached hydrogen (secondary N) is 1. The minimum Gasteiger partial charge on any atom is -0.339 e. The molecule has 0 aliphatic carbocycles. The van der Waals surface area contributed by atoms with Crippen LogP contribution in [-0.2, 0) is 11.2 Å². The van der Waals surface area contributed by atoms with Gasteiger partial charge in [0.05, 0.1) is 0 Å². The van der Waals surface area contributed by atoms with E-state index >= 15 is 0 Å². The predicted octanol–water partition coefficient (Wildman–Crippen LogP) is 1.77. The molecule has 3 amide bonds. The van der Waals surface area contributed by atoms with Gasteiger partial charge in [-0.3, -0.25) is 4.79 Å². The molecule has 1 saturated heterocycles. The number of halogens is 2. The molecule has 126 valence electrons. The second kappa shape index (κ2) is 7.89. The molecule has 0 aromatic heterocycles. The van der Waals surface area contributed by atoms with Crippen molar-refractivity contribution in [3.63, 3.8) is 0 Å². The molecule has 1 fully saturated rings. The first-order valence-corrected chi connectivity index (χ1v) is 7.75. The topological polar surface area (TPSA) is 52.7 Å². The van der Waals surface area contributed by atoms with Crippen LogP contribution in [0.15, 0.2) is 18.2 Å². The number of amides is 3. The molecule has 2 rings (SSSR count). The summed E-state index contributed by atoms with van der Waals surface area (Å²) in [5.41, 5.74) is 0.208. The van der Waals surface area contributed by atoms with Gasteiger partial charge in [-0.1, -0.05) is 0 Å². The van der Waals surface area contributed by atoms with Crippen molar-refractivity contribution in [2.45, 2.75) is 19.8 Å².